The van der Waals surface area contributed by atoms with Gasteiger partial charge < -0.3 is 20.1 Å². The Labute approximate surface area is 174 Å². The zero-order valence-corrected chi connectivity index (χ0v) is 17.7. The van der Waals surface area contributed by atoms with Gasteiger partial charge in [0.15, 0.2) is 17.5 Å². The first kappa shape index (κ1) is 22.9. The number of benzene rings is 1. The topological polar surface area (TPSA) is 72.7 Å². The van der Waals surface area contributed by atoms with Crippen LogP contribution in [-0.4, -0.2) is 36.0 Å². The zero-order valence-electron chi connectivity index (χ0n) is 15.4. The number of halogens is 3. The van der Waals surface area contributed by atoms with Gasteiger partial charge in [0.2, 0.25) is 0 Å². The van der Waals surface area contributed by atoms with Crippen LogP contribution in [0.2, 0.25) is 0 Å². The molecule has 0 fully saturated rings. The molecule has 10 heteroatoms. The number of aliphatic imine (C=N–C) groups is 1. The van der Waals surface area contributed by atoms with Crippen LogP contribution in [0.25, 0.3) is 0 Å². The predicted molar refractivity (Wildman–Crippen MR) is 110 cm³/mol. The number of nitrogens with one attached hydrogen (secondary N) is 2. The second-order valence-corrected chi connectivity index (χ2v) is 5.28. The predicted octanol–water partition coefficient (Wildman–Crippen LogP) is 2.90. The van der Waals surface area contributed by atoms with Crippen molar-refractivity contribution >= 4 is 29.9 Å². The van der Waals surface area contributed by atoms with Crippen LogP contribution in [0.1, 0.15) is 18.2 Å². The lowest BCUT2D eigenvalue weighted by atomic mass is 10.2. The van der Waals surface area contributed by atoms with Crippen molar-refractivity contribution in [3.8, 4) is 11.5 Å². The van der Waals surface area contributed by atoms with E-state index in [2.05, 4.69) is 25.5 Å². The van der Waals surface area contributed by atoms with Crippen molar-refractivity contribution < 1.29 is 18.3 Å². The first-order valence-corrected chi connectivity index (χ1v) is 8.16. The molecule has 27 heavy (non-hydrogen) atoms. The molecule has 2 rings (SSSR count). The smallest absolute Gasteiger partial charge is 0.387 e. The van der Waals surface area contributed by atoms with E-state index in [1.165, 1.54) is 0 Å². The highest BCUT2D eigenvalue weighted by Crippen LogP contribution is 2.32. The fourth-order valence-electron chi connectivity index (χ4n) is 2.34. The normalized spacial score (nSPS) is 11.1. The number of alkyl halides is 2. The van der Waals surface area contributed by atoms with Crippen molar-refractivity contribution in [3.63, 3.8) is 0 Å². The molecule has 0 unspecified atom stereocenters. The second kappa shape index (κ2) is 11.6. The van der Waals surface area contributed by atoms with Crippen LogP contribution in [0.5, 0.6) is 11.5 Å². The van der Waals surface area contributed by atoms with Crippen LogP contribution in [0.3, 0.4) is 0 Å². The quantitative estimate of drug-likeness (QED) is 0.335. The van der Waals surface area contributed by atoms with Gasteiger partial charge in [-0.15, -0.1) is 24.0 Å². The van der Waals surface area contributed by atoms with Gasteiger partial charge in [-0.05, 0) is 19.1 Å². The third-order valence-electron chi connectivity index (χ3n) is 3.60. The summed E-state index contributed by atoms with van der Waals surface area (Å²) < 4.78 is 37.3. The summed E-state index contributed by atoms with van der Waals surface area (Å²) >= 11 is 0. The molecule has 0 saturated heterocycles. The Balaban J connectivity index is 0.00000364. The van der Waals surface area contributed by atoms with Gasteiger partial charge in [-0.3, -0.25) is 9.67 Å². The summed E-state index contributed by atoms with van der Waals surface area (Å²) in [6, 6.07) is 6.91. The molecule has 0 spiro atoms. The highest BCUT2D eigenvalue weighted by molar-refractivity contribution is 14.0. The Bertz CT molecular complexity index is 740. The number of ether oxygens (including phenoxy) is 2. The van der Waals surface area contributed by atoms with Gasteiger partial charge in [-0.2, -0.15) is 13.9 Å². The number of para-hydroxylation sites is 1. The average molecular weight is 495 g/mol. The average Bonchev–Trinajstić information content (AvgIpc) is 3.02. The van der Waals surface area contributed by atoms with Crippen molar-refractivity contribution in [1.29, 1.82) is 0 Å². The minimum absolute atomic E-state index is 0. The van der Waals surface area contributed by atoms with Gasteiger partial charge in [-0.1, -0.05) is 12.1 Å². The van der Waals surface area contributed by atoms with Crippen molar-refractivity contribution in [2.75, 3.05) is 13.7 Å². The van der Waals surface area contributed by atoms with Crippen LogP contribution in [-0.2, 0) is 20.1 Å². The number of hydrogen-bond acceptors (Lipinski definition) is 4. The van der Waals surface area contributed by atoms with Crippen LogP contribution in [0.4, 0.5) is 8.78 Å². The second-order valence-electron chi connectivity index (χ2n) is 5.28. The van der Waals surface area contributed by atoms with Gasteiger partial charge >= 0.3 is 6.61 Å². The number of hydrogen-bond donors (Lipinski definition) is 2. The summed E-state index contributed by atoms with van der Waals surface area (Å²) in [6.07, 6.45) is 1.71. The summed E-state index contributed by atoms with van der Waals surface area (Å²) in [4.78, 5) is 4.13. The first-order chi connectivity index (χ1) is 12.5. The first-order valence-electron chi connectivity index (χ1n) is 8.16. The van der Waals surface area contributed by atoms with E-state index in [1.807, 2.05) is 13.1 Å². The summed E-state index contributed by atoms with van der Waals surface area (Å²) in [7, 11) is 3.48. The van der Waals surface area contributed by atoms with E-state index in [4.69, 9.17) is 4.74 Å². The van der Waals surface area contributed by atoms with Crippen molar-refractivity contribution in [1.82, 2.24) is 20.4 Å². The van der Waals surface area contributed by atoms with Crippen molar-refractivity contribution in [3.05, 3.63) is 41.7 Å². The number of nitrogens with zero attached hydrogens (tertiary/aromatic N) is 3. The minimum Gasteiger partial charge on any atom is -0.490 e. The Morgan fingerprint density at radius 3 is 2.59 bits per heavy atom. The van der Waals surface area contributed by atoms with E-state index in [0.29, 0.717) is 24.7 Å². The molecule has 0 aliphatic carbocycles. The summed E-state index contributed by atoms with van der Waals surface area (Å²) in [5.74, 6) is 0.833. The van der Waals surface area contributed by atoms with Crippen LogP contribution in [0.15, 0.2) is 35.5 Å². The van der Waals surface area contributed by atoms with Crippen LogP contribution in [0, 0.1) is 0 Å². The molecule has 0 atom stereocenters. The highest BCUT2D eigenvalue weighted by Gasteiger charge is 2.16. The maximum Gasteiger partial charge on any atom is 0.387 e. The number of rotatable bonds is 8. The standard InChI is InChI=1S/C17H23F2N5O2.HI/c1-4-25-14-7-5-6-12(15(14)26-16(18)19)10-21-17(20-2)22-11-13-8-9-23-24(13)3;/h5-9,16H,4,10-11H2,1-3H3,(H2,20,21,22);1H. The molecule has 150 valence electrons. The molecule has 1 aromatic carbocycles. The Kier molecular flexibility index (Phi) is 9.83. The fraction of sp³-hybridized carbons (Fsp3) is 0.412. The van der Waals surface area contributed by atoms with E-state index in [-0.39, 0.29) is 42.0 Å². The molecule has 0 radical (unpaired) electrons. The van der Waals surface area contributed by atoms with E-state index in [9.17, 15) is 8.78 Å². The Morgan fingerprint density at radius 1 is 1.26 bits per heavy atom. The molecule has 0 aliphatic rings. The molecule has 0 aliphatic heterocycles. The molecule has 2 aromatic rings. The highest BCUT2D eigenvalue weighted by atomic mass is 127. The Morgan fingerprint density at radius 2 is 2.00 bits per heavy atom. The summed E-state index contributed by atoms with van der Waals surface area (Å²) in [5.41, 5.74) is 1.52. The maximum absolute atomic E-state index is 12.8. The van der Waals surface area contributed by atoms with Crippen molar-refractivity contribution in [2.45, 2.75) is 26.6 Å². The monoisotopic (exact) mass is 495 g/mol. The number of aromatic nitrogens is 2. The van der Waals surface area contributed by atoms with E-state index in [0.717, 1.165) is 5.69 Å². The maximum atomic E-state index is 12.8. The molecule has 0 bridgehead atoms. The lowest BCUT2D eigenvalue weighted by molar-refractivity contribution is -0.0520. The minimum atomic E-state index is -2.93. The van der Waals surface area contributed by atoms with Gasteiger partial charge in [-0.25, -0.2) is 0 Å². The molecule has 1 aromatic heterocycles. The third-order valence-corrected chi connectivity index (χ3v) is 3.60. The third kappa shape index (κ3) is 6.85. The summed E-state index contributed by atoms with van der Waals surface area (Å²) in [5, 5.41) is 10.3. The van der Waals surface area contributed by atoms with E-state index < -0.39 is 6.61 Å². The van der Waals surface area contributed by atoms with Gasteiger partial charge in [0.05, 0.1) is 18.8 Å². The van der Waals surface area contributed by atoms with Crippen LogP contribution >= 0.6 is 24.0 Å². The van der Waals surface area contributed by atoms with Crippen LogP contribution < -0.4 is 20.1 Å². The van der Waals surface area contributed by atoms with E-state index >= 15 is 0 Å². The van der Waals surface area contributed by atoms with Gasteiger partial charge in [0.1, 0.15) is 0 Å². The lowest BCUT2D eigenvalue weighted by Gasteiger charge is -2.17. The Hall–Kier alpha value is -2.11. The molecule has 0 amide bonds. The molecular weight excluding hydrogens is 471 g/mol. The van der Waals surface area contributed by atoms with Gasteiger partial charge in [0.25, 0.3) is 0 Å². The molecular formula is C17H24F2IN5O2. The molecule has 2 N–H and O–H groups in total. The lowest BCUT2D eigenvalue weighted by Crippen LogP contribution is -2.36. The van der Waals surface area contributed by atoms with Gasteiger partial charge in [0, 0.05) is 32.4 Å². The molecule has 1 heterocycles. The zero-order chi connectivity index (χ0) is 18.9. The fourth-order valence-corrected chi connectivity index (χ4v) is 2.34. The number of guanidine groups is 1. The molecule has 7 nitrogen and oxygen atoms in total. The largest absolute Gasteiger partial charge is 0.490 e. The number of aryl methyl sites for hydroxylation is 1. The SMILES string of the molecule is CCOc1cccc(CNC(=NC)NCc2ccnn2C)c1OC(F)F.I. The van der Waals surface area contributed by atoms with E-state index in [1.54, 1.807) is 43.0 Å². The molecule has 0 saturated carbocycles. The summed E-state index contributed by atoms with van der Waals surface area (Å²) in [6.45, 7) is -0.0347. The van der Waals surface area contributed by atoms with Crippen molar-refractivity contribution in [2.24, 2.45) is 12.0 Å².